The number of fused-ring (bicyclic) bond motifs is 1. The van der Waals surface area contributed by atoms with Gasteiger partial charge in [-0.3, -0.25) is 0 Å². The van der Waals surface area contributed by atoms with Crippen LogP contribution >= 0.6 is 0 Å². The smallest absolute Gasteiger partial charge is 0.120 e. The second-order valence-corrected chi connectivity index (χ2v) is 6.75. The highest BCUT2D eigenvalue weighted by Crippen LogP contribution is 2.25. The van der Waals surface area contributed by atoms with E-state index < -0.39 is 6.10 Å². The average Bonchev–Trinajstić information content (AvgIpc) is 2.66. The van der Waals surface area contributed by atoms with Gasteiger partial charge in [0.05, 0.1) is 17.3 Å². The number of anilines is 1. The first-order valence-electron chi connectivity index (χ1n) is 9.06. The van der Waals surface area contributed by atoms with Crippen molar-refractivity contribution in [1.82, 2.24) is 4.98 Å². The van der Waals surface area contributed by atoms with Crippen molar-refractivity contribution in [1.29, 1.82) is 0 Å². The van der Waals surface area contributed by atoms with Crippen LogP contribution in [0.4, 0.5) is 5.69 Å². The Morgan fingerprint density at radius 2 is 1.81 bits per heavy atom. The zero-order valence-corrected chi connectivity index (χ0v) is 15.6. The van der Waals surface area contributed by atoms with E-state index in [0.717, 1.165) is 40.8 Å². The van der Waals surface area contributed by atoms with Gasteiger partial charge in [0.1, 0.15) is 12.4 Å². The molecule has 1 heterocycles. The van der Waals surface area contributed by atoms with Crippen molar-refractivity contribution in [2.45, 2.75) is 25.9 Å². The zero-order chi connectivity index (χ0) is 18.5. The van der Waals surface area contributed by atoms with Crippen molar-refractivity contribution in [3.05, 3.63) is 54.6 Å². The number of aromatic nitrogens is 1. The van der Waals surface area contributed by atoms with Gasteiger partial charge in [0.15, 0.2) is 0 Å². The van der Waals surface area contributed by atoms with Crippen LogP contribution in [0.5, 0.6) is 5.75 Å². The van der Waals surface area contributed by atoms with E-state index in [1.54, 1.807) is 0 Å². The van der Waals surface area contributed by atoms with Crippen molar-refractivity contribution in [2.75, 3.05) is 25.6 Å². The van der Waals surface area contributed by atoms with Crippen LogP contribution in [0.3, 0.4) is 0 Å². The molecule has 0 aliphatic carbocycles. The summed E-state index contributed by atoms with van der Waals surface area (Å²) in [5.74, 6) is 0.762. The zero-order valence-electron chi connectivity index (χ0n) is 15.6. The third kappa shape index (κ3) is 4.33. The molecule has 1 N–H and O–H groups in total. The third-order valence-electron chi connectivity index (χ3n) is 4.40. The molecule has 3 rings (SSSR count). The highest BCUT2D eigenvalue weighted by atomic mass is 16.5. The summed E-state index contributed by atoms with van der Waals surface area (Å²) in [7, 11) is 4.06. The van der Waals surface area contributed by atoms with Crippen molar-refractivity contribution in [3.63, 3.8) is 0 Å². The molecule has 0 fully saturated rings. The maximum atomic E-state index is 9.80. The highest BCUT2D eigenvalue weighted by Gasteiger charge is 2.06. The van der Waals surface area contributed by atoms with E-state index in [2.05, 4.69) is 42.2 Å². The van der Waals surface area contributed by atoms with Gasteiger partial charge in [-0.05, 0) is 42.8 Å². The lowest BCUT2D eigenvalue weighted by atomic mass is 10.1. The van der Waals surface area contributed by atoms with Gasteiger partial charge in [0.2, 0.25) is 0 Å². The Balaban J connectivity index is 1.78. The van der Waals surface area contributed by atoms with Crippen LogP contribution < -0.4 is 9.64 Å². The Morgan fingerprint density at radius 1 is 1.04 bits per heavy atom. The minimum atomic E-state index is -0.415. The molecular weight excluding hydrogens is 324 g/mol. The number of benzene rings is 2. The molecule has 0 aliphatic rings. The highest BCUT2D eigenvalue weighted by molar-refractivity contribution is 5.83. The van der Waals surface area contributed by atoms with Crippen molar-refractivity contribution in [2.24, 2.45) is 0 Å². The molecule has 0 amide bonds. The first kappa shape index (κ1) is 18.2. The molecule has 0 radical (unpaired) electrons. The Kier molecular flexibility index (Phi) is 5.74. The maximum absolute atomic E-state index is 9.80. The summed E-state index contributed by atoms with van der Waals surface area (Å²) in [6.07, 6.45) is 1.29. The maximum Gasteiger partial charge on any atom is 0.120 e. The van der Waals surface area contributed by atoms with Gasteiger partial charge >= 0.3 is 0 Å². The molecule has 0 spiro atoms. The predicted octanol–water partition coefficient (Wildman–Crippen LogP) is 4.51. The molecular formula is C22H26N2O2. The molecule has 136 valence electrons. The fourth-order valence-electron chi connectivity index (χ4n) is 2.89. The molecule has 1 atom stereocenters. The molecule has 4 heteroatoms. The Hall–Kier alpha value is -2.59. The van der Waals surface area contributed by atoms with Crippen LogP contribution in [0.15, 0.2) is 54.6 Å². The number of rotatable bonds is 7. The number of ether oxygens (including phenoxy) is 1. The molecule has 0 aliphatic heterocycles. The van der Waals surface area contributed by atoms with E-state index in [9.17, 15) is 5.11 Å². The number of pyridine rings is 1. The largest absolute Gasteiger partial charge is 0.491 e. The minimum absolute atomic E-state index is 0.323. The van der Waals surface area contributed by atoms with E-state index in [4.69, 9.17) is 9.72 Å². The van der Waals surface area contributed by atoms with Crippen LogP contribution in [0.1, 0.15) is 19.8 Å². The van der Waals surface area contributed by atoms with E-state index in [1.807, 2.05) is 38.4 Å². The number of hydrogen-bond donors (Lipinski definition) is 1. The standard InChI is InChI=1S/C22H26N2O2/c1-4-5-19(25)15-26-20-11-13-22-17(14-20)8-12-21(23-22)16-6-9-18(10-7-16)24(2)3/h6-14,19,25H,4-5,15H2,1-3H3. The van der Waals surface area contributed by atoms with Crippen LogP contribution in [-0.4, -0.2) is 36.9 Å². The third-order valence-corrected chi connectivity index (χ3v) is 4.40. The van der Waals surface area contributed by atoms with Gasteiger partial charge in [-0.25, -0.2) is 4.98 Å². The summed E-state index contributed by atoms with van der Waals surface area (Å²) < 4.78 is 5.70. The summed E-state index contributed by atoms with van der Waals surface area (Å²) >= 11 is 0. The summed E-state index contributed by atoms with van der Waals surface area (Å²) in [6.45, 7) is 2.37. The van der Waals surface area contributed by atoms with Crippen LogP contribution in [-0.2, 0) is 0 Å². The molecule has 2 aromatic carbocycles. The topological polar surface area (TPSA) is 45.6 Å². The van der Waals surface area contributed by atoms with E-state index in [1.165, 1.54) is 5.69 Å². The van der Waals surface area contributed by atoms with Gasteiger partial charge in [0.25, 0.3) is 0 Å². The second-order valence-electron chi connectivity index (χ2n) is 6.75. The van der Waals surface area contributed by atoms with E-state index in [0.29, 0.717) is 6.61 Å². The van der Waals surface area contributed by atoms with Crippen molar-refractivity contribution in [3.8, 4) is 17.0 Å². The quantitative estimate of drug-likeness (QED) is 0.681. The van der Waals surface area contributed by atoms with Crippen LogP contribution in [0, 0.1) is 0 Å². The molecule has 0 saturated carbocycles. The molecule has 26 heavy (non-hydrogen) atoms. The molecule has 4 nitrogen and oxygen atoms in total. The first-order chi connectivity index (χ1) is 12.6. The van der Waals surface area contributed by atoms with Crippen LogP contribution in [0.25, 0.3) is 22.2 Å². The van der Waals surface area contributed by atoms with Crippen LogP contribution in [0.2, 0.25) is 0 Å². The molecule has 0 saturated heterocycles. The minimum Gasteiger partial charge on any atom is -0.491 e. The Labute approximate surface area is 155 Å². The Morgan fingerprint density at radius 3 is 2.50 bits per heavy atom. The summed E-state index contributed by atoms with van der Waals surface area (Å²) in [5.41, 5.74) is 4.15. The van der Waals surface area contributed by atoms with Gasteiger partial charge in [0, 0.05) is 30.7 Å². The fraction of sp³-hybridized carbons (Fsp3) is 0.318. The summed E-state index contributed by atoms with van der Waals surface area (Å²) in [5, 5.41) is 10.8. The lowest BCUT2D eigenvalue weighted by Gasteiger charge is -2.13. The number of aliphatic hydroxyl groups excluding tert-OH is 1. The van der Waals surface area contributed by atoms with Crippen molar-refractivity contribution >= 4 is 16.6 Å². The van der Waals surface area contributed by atoms with Gasteiger partial charge in [-0.2, -0.15) is 0 Å². The summed E-state index contributed by atoms with van der Waals surface area (Å²) in [4.78, 5) is 6.85. The van der Waals surface area contributed by atoms with Gasteiger partial charge in [-0.15, -0.1) is 0 Å². The normalized spacial score (nSPS) is 12.2. The average molecular weight is 350 g/mol. The lowest BCUT2D eigenvalue weighted by Crippen LogP contribution is -2.16. The Bertz CT molecular complexity index is 860. The van der Waals surface area contributed by atoms with Crippen molar-refractivity contribution < 1.29 is 9.84 Å². The molecule has 0 bridgehead atoms. The first-order valence-corrected chi connectivity index (χ1v) is 9.06. The molecule has 3 aromatic rings. The lowest BCUT2D eigenvalue weighted by molar-refractivity contribution is 0.0994. The van der Waals surface area contributed by atoms with E-state index >= 15 is 0 Å². The number of hydrogen-bond acceptors (Lipinski definition) is 4. The number of aliphatic hydroxyl groups is 1. The SMILES string of the molecule is CCCC(O)COc1ccc2nc(-c3ccc(N(C)C)cc3)ccc2c1. The summed E-state index contributed by atoms with van der Waals surface area (Å²) in [6, 6.07) is 18.3. The monoisotopic (exact) mass is 350 g/mol. The number of nitrogens with zero attached hydrogens (tertiary/aromatic N) is 2. The fourth-order valence-corrected chi connectivity index (χ4v) is 2.89. The molecule has 1 aromatic heterocycles. The molecule has 1 unspecified atom stereocenters. The van der Waals surface area contributed by atoms with Gasteiger partial charge < -0.3 is 14.7 Å². The second kappa shape index (κ2) is 8.19. The van der Waals surface area contributed by atoms with Gasteiger partial charge in [-0.1, -0.05) is 31.5 Å². The van der Waals surface area contributed by atoms with E-state index in [-0.39, 0.29) is 0 Å². The predicted molar refractivity (Wildman–Crippen MR) is 108 cm³/mol.